The highest BCUT2D eigenvalue weighted by molar-refractivity contribution is 7.09. The summed E-state index contributed by atoms with van der Waals surface area (Å²) in [6, 6.07) is 20.3. The third kappa shape index (κ3) is 8.35. The number of ketones is 1. The van der Waals surface area contributed by atoms with Crippen LogP contribution in [0, 0.1) is 5.92 Å². The zero-order chi connectivity index (χ0) is 34.3. The highest BCUT2D eigenvalue weighted by Crippen LogP contribution is 2.52. The molecule has 1 N–H and O–H groups in total. The number of piperidine rings is 1. The van der Waals surface area contributed by atoms with Crippen LogP contribution in [0.25, 0.3) is 11.1 Å². The molecular weight excluding hydrogens is 642 g/mol. The average molecular weight is 687 g/mol. The Bertz CT molecular complexity index is 1640. The molecule has 258 valence electrons. The van der Waals surface area contributed by atoms with Gasteiger partial charge in [-0.2, -0.15) is 13.2 Å². The standard InChI is InChI=1S/C41H45F3N2O2S/c42-41(43,44)25-8-7-19-38(47)40(36-17-5-3-15-34(36)35-16-4-6-18-37(35)40)24-9-10-26-46-27-22-31(23-28-46)45-39(48)33-14-2-1-12-30(33)20-21-32-13-11-29-49-32/h1-8,11-13,15-18,29,31,33H,9-10,14,19-28H2,(H,45,48)/b8-7+. The van der Waals surface area contributed by atoms with E-state index < -0.39 is 18.0 Å². The Hall–Kier alpha value is -3.75. The van der Waals surface area contributed by atoms with Crippen molar-refractivity contribution in [3.8, 4) is 11.1 Å². The second kappa shape index (κ2) is 15.9. The number of carbonyl (C=O) groups is 2. The minimum absolute atomic E-state index is 0.0406. The lowest BCUT2D eigenvalue weighted by molar-refractivity contribution is -0.126. The van der Waals surface area contributed by atoms with Gasteiger partial charge in [0.1, 0.15) is 0 Å². The molecule has 0 spiro atoms. The lowest BCUT2D eigenvalue weighted by atomic mass is 9.70. The number of rotatable bonds is 14. The van der Waals surface area contributed by atoms with E-state index in [1.807, 2.05) is 48.5 Å². The fourth-order valence-electron chi connectivity index (χ4n) is 7.87. The Morgan fingerprint density at radius 1 is 0.918 bits per heavy atom. The zero-order valence-corrected chi connectivity index (χ0v) is 28.7. The number of hydrogen-bond donors (Lipinski definition) is 1. The first kappa shape index (κ1) is 35.1. The lowest BCUT2D eigenvalue weighted by Gasteiger charge is -2.34. The number of allylic oxidation sites excluding steroid dienone is 5. The van der Waals surface area contributed by atoms with Crippen molar-refractivity contribution in [1.29, 1.82) is 0 Å². The molecule has 49 heavy (non-hydrogen) atoms. The van der Waals surface area contributed by atoms with E-state index >= 15 is 0 Å². The molecule has 0 saturated carbocycles. The summed E-state index contributed by atoms with van der Waals surface area (Å²) in [5.74, 6) is -0.0116. The van der Waals surface area contributed by atoms with Crippen LogP contribution >= 0.6 is 11.3 Å². The van der Waals surface area contributed by atoms with Crippen molar-refractivity contribution in [3.05, 3.63) is 118 Å². The third-order valence-electron chi connectivity index (χ3n) is 10.4. The molecule has 1 fully saturated rings. The van der Waals surface area contributed by atoms with E-state index in [2.05, 4.69) is 46.0 Å². The van der Waals surface area contributed by atoms with Crippen molar-refractivity contribution in [3.63, 3.8) is 0 Å². The number of thiophene rings is 1. The van der Waals surface area contributed by atoms with Gasteiger partial charge in [0.2, 0.25) is 5.91 Å². The van der Waals surface area contributed by atoms with E-state index in [1.165, 1.54) is 16.5 Å². The minimum Gasteiger partial charge on any atom is -0.353 e. The van der Waals surface area contributed by atoms with Gasteiger partial charge < -0.3 is 10.2 Å². The second-order valence-corrected chi connectivity index (χ2v) is 14.6. The lowest BCUT2D eigenvalue weighted by Crippen LogP contribution is -2.46. The number of nitrogens with zero attached hydrogens (tertiary/aromatic N) is 1. The smallest absolute Gasteiger partial charge is 0.353 e. The van der Waals surface area contributed by atoms with Gasteiger partial charge in [0.25, 0.3) is 0 Å². The largest absolute Gasteiger partial charge is 0.392 e. The van der Waals surface area contributed by atoms with E-state index in [0.29, 0.717) is 6.42 Å². The first-order valence-electron chi connectivity index (χ1n) is 17.6. The predicted molar refractivity (Wildman–Crippen MR) is 192 cm³/mol. The molecule has 6 rings (SSSR count). The number of halogens is 3. The summed E-state index contributed by atoms with van der Waals surface area (Å²) in [5.41, 5.74) is 4.32. The number of hydrogen-bond acceptors (Lipinski definition) is 4. The van der Waals surface area contributed by atoms with Crippen LogP contribution in [0.4, 0.5) is 13.2 Å². The molecule has 1 aromatic heterocycles. The van der Waals surface area contributed by atoms with E-state index in [0.717, 1.165) is 92.9 Å². The van der Waals surface area contributed by atoms with E-state index in [-0.39, 0.29) is 30.1 Å². The molecule has 3 aliphatic rings. The number of unbranched alkanes of at least 4 members (excludes halogenated alkanes) is 1. The fraction of sp³-hybridized carbons (Fsp3) is 0.415. The van der Waals surface area contributed by atoms with Crippen LogP contribution in [0.3, 0.4) is 0 Å². The van der Waals surface area contributed by atoms with Gasteiger partial charge in [0, 0.05) is 30.4 Å². The number of aryl methyl sites for hydroxylation is 1. The van der Waals surface area contributed by atoms with Crippen molar-refractivity contribution in [2.45, 2.75) is 81.8 Å². The predicted octanol–water partition coefficient (Wildman–Crippen LogP) is 9.37. The SMILES string of the molecule is O=C(NC1CCN(CCCCC2(C(=O)C/C=C/CC(F)(F)F)c3ccccc3-c3ccccc32)CC1)C1CC=CC=C1CCc1cccs1. The van der Waals surface area contributed by atoms with Gasteiger partial charge in [-0.25, -0.2) is 0 Å². The van der Waals surface area contributed by atoms with Crippen molar-refractivity contribution in [2.24, 2.45) is 5.92 Å². The van der Waals surface area contributed by atoms with Gasteiger partial charge in [0.05, 0.1) is 17.8 Å². The fourth-order valence-corrected chi connectivity index (χ4v) is 8.58. The molecule has 2 heterocycles. The molecule has 2 aromatic carbocycles. The number of carbonyl (C=O) groups excluding carboxylic acids is 2. The quantitative estimate of drug-likeness (QED) is 0.136. The third-order valence-corrected chi connectivity index (χ3v) is 11.3. The molecule has 3 aromatic rings. The summed E-state index contributed by atoms with van der Waals surface area (Å²) in [4.78, 5) is 31.2. The molecule has 0 radical (unpaired) electrons. The topological polar surface area (TPSA) is 49.4 Å². The monoisotopic (exact) mass is 686 g/mol. The number of fused-ring (bicyclic) bond motifs is 3. The van der Waals surface area contributed by atoms with Crippen LogP contribution in [0.5, 0.6) is 0 Å². The van der Waals surface area contributed by atoms with E-state index in [4.69, 9.17) is 0 Å². The molecule has 4 nitrogen and oxygen atoms in total. The normalized spacial score (nSPS) is 19.1. The summed E-state index contributed by atoms with van der Waals surface area (Å²) in [6.45, 7) is 2.73. The Morgan fingerprint density at radius 3 is 2.31 bits per heavy atom. The molecule has 1 atom stereocenters. The first-order valence-corrected chi connectivity index (χ1v) is 18.5. The van der Waals surface area contributed by atoms with Gasteiger partial charge in [-0.05, 0) is 85.2 Å². The Morgan fingerprint density at radius 2 is 1.63 bits per heavy atom. The van der Waals surface area contributed by atoms with E-state index in [1.54, 1.807) is 11.3 Å². The molecule has 1 saturated heterocycles. The molecule has 1 unspecified atom stereocenters. The van der Waals surface area contributed by atoms with Crippen molar-refractivity contribution in [1.82, 2.24) is 10.2 Å². The van der Waals surface area contributed by atoms with Crippen LogP contribution in [-0.4, -0.2) is 48.4 Å². The maximum atomic E-state index is 14.1. The summed E-state index contributed by atoms with van der Waals surface area (Å²) >= 11 is 1.76. The number of alkyl halides is 3. The van der Waals surface area contributed by atoms with Gasteiger partial charge >= 0.3 is 6.18 Å². The van der Waals surface area contributed by atoms with Crippen LogP contribution in [0.15, 0.2) is 102 Å². The van der Waals surface area contributed by atoms with Gasteiger partial charge in [-0.3, -0.25) is 9.59 Å². The van der Waals surface area contributed by atoms with Gasteiger partial charge in [0.15, 0.2) is 5.78 Å². The van der Waals surface area contributed by atoms with Crippen molar-refractivity contribution >= 4 is 23.0 Å². The van der Waals surface area contributed by atoms with E-state index in [9.17, 15) is 22.8 Å². The maximum Gasteiger partial charge on any atom is 0.392 e. The molecule has 1 aliphatic heterocycles. The number of nitrogens with one attached hydrogen (secondary N) is 1. The van der Waals surface area contributed by atoms with Crippen LogP contribution in [0.2, 0.25) is 0 Å². The summed E-state index contributed by atoms with van der Waals surface area (Å²) in [7, 11) is 0. The van der Waals surface area contributed by atoms with Crippen molar-refractivity contribution < 1.29 is 22.8 Å². The second-order valence-electron chi connectivity index (χ2n) is 13.5. The summed E-state index contributed by atoms with van der Waals surface area (Å²) in [6.07, 6.45) is 10.2. The van der Waals surface area contributed by atoms with Gasteiger partial charge in [-0.15, -0.1) is 11.3 Å². The Labute approximate surface area is 291 Å². The number of likely N-dealkylation sites (tertiary alicyclic amines) is 1. The number of amides is 1. The highest BCUT2D eigenvalue weighted by Gasteiger charge is 2.47. The molecular formula is C41H45F3N2O2S. The average Bonchev–Trinajstić information content (AvgIpc) is 3.73. The van der Waals surface area contributed by atoms with Gasteiger partial charge in [-0.1, -0.05) is 97.0 Å². The maximum absolute atomic E-state index is 14.1. The Balaban J connectivity index is 1.02. The Kier molecular flexibility index (Phi) is 11.4. The summed E-state index contributed by atoms with van der Waals surface area (Å²) < 4.78 is 38.3. The number of benzene rings is 2. The van der Waals surface area contributed by atoms with Crippen LogP contribution < -0.4 is 5.32 Å². The summed E-state index contributed by atoms with van der Waals surface area (Å²) in [5, 5.41) is 5.46. The van der Waals surface area contributed by atoms with Crippen molar-refractivity contribution in [2.75, 3.05) is 19.6 Å². The van der Waals surface area contributed by atoms with Crippen LogP contribution in [-0.2, 0) is 21.4 Å². The number of Topliss-reactive ketones (excluding diaryl/α,β-unsaturated/α-hetero) is 1. The van der Waals surface area contributed by atoms with Crippen LogP contribution in [0.1, 0.15) is 73.8 Å². The zero-order valence-electron chi connectivity index (χ0n) is 27.9. The minimum atomic E-state index is -4.29. The molecule has 1 amide bonds. The molecule has 2 aliphatic carbocycles. The molecule has 8 heteroatoms. The highest BCUT2D eigenvalue weighted by atomic mass is 32.1. The molecule has 0 bridgehead atoms. The first-order chi connectivity index (χ1) is 23.7.